The number of para-hydroxylation sites is 1. The van der Waals surface area contributed by atoms with Gasteiger partial charge in [-0.05, 0) is 24.3 Å². The van der Waals surface area contributed by atoms with Crippen molar-refractivity contribution in [3.05, 3.63) is 83.7 Å². The molecule has 3 aromatic rings. The Hall–Kier alpha value is -3.30. The Bertz CT molecular complexity index is 1180. The van der Waals surface area contributed by atoms with Gasteiger partial charge in [0, 0.05) is 38.4 Å². The van der Waals surface area contributed by atoms with Crippen LogP contribution in [0, 0.1) is 0 Å². The van der Waals surface area contributed by atoms with Gasteiger partial charge in [0.25, 0.3) is 5.91 Å². The molecule has 0 unspecified atom stereocenters. The molecule has 1 saturated heterocycles. The average Bonchev–Trinajstić information content (AvgIpc) is 3.28. The van der Waals surface area contributed by atoms with Crippen LogP contribution in [0.2, 0.25) is 5.02 Å². The number of allylic oxidation sites excluding steroid dienone is 1. The molecule has 0 bridgehead atoms. The second-order valence-electron chi connectivity index (χ2n) is 7.95. The van der Waals surface area contributed by atoms with Gasteiger partial charge in [0.15, 0.2) is 11.0 Å². The number of hydrogen-bond donors (Lipinski definition) is 1. The Morgan fingerprint density at radius 3 is 2.46 bits per heavy atom. The van der Waals surface area contributed by atoms with Crippen LogP contribution in [0.4, 0.5) is 5.69 Å². The SMILES string of the molecule is C=CCn1c(CNC(=O)c2ccccc2Cl)nnc1SCC(=O)N1CCN(c2ccccc2)CC1. The second-order valence-corrected chi connectivity index (χ2v) is 9.30. The lowest BCUT2D eigenvalue weighted by Crippen LogP contribution is -2.49. The van der Waals surface area contributed by atoms with Crippen molar-refractivity contribution in [2.75, 3.05) is 36.8 Å². The van der Waals surface area contributed by atoms with Gasteiger partial charge in [0.05, 0.1) is 22.9 Å². The van der Waals surface area contributed by atoms with E-state index in [-0.39, 0.29) is 24.1 Å². The molecule has 8 nitrogen and oxygen atoms in total. The van der Waals surface area contributed by atoms with Crippen LogP contribution < -0.4 is 10.2 Å². The molecule has 0 saturated carbocycles. The van der Waals surface area contributed by atoms with E-state index in [0.717, 1.165) is 13.1 Å². The van der Waals surface area contributed by atoms with Gasteiger partial charge in [0.2, 0.25) is 5.91 Å². The van der Waals surface area contributed by atoms with Crippen LogP contribution >= 0.6 is 23.4 Å². The molecule has 1 aliphatic heterocycles. The van der Waals surface area contributed by atoms with Crippen LogP contribution in [0.1, 0.15) is 16.2 Å². The lowest BCUT2D eigenvalue weighted by atomic mass is 10.2. The highest BCUT2D eigenvalue weighted by Crippen LogP contribution is 2.20. The first-order valence-electron chi connectivity index (χ1n) is 11.3. The van der Waals surface area contributed by atoms with Crippen LogP contribution in [0.25, 0.3) is 0 Å². The molecule has 0 aliphatic carbocycles. The molecule has 2 amide bonds. The van der Waals surface area contributed by atoms with Crippen LogP contribution in [-0.4, -0.2) is 63.4 Å². The van der Waals surface area contributed by atoms with Crippen molar-refractivity contribution in [1.82, 2.24) is 25.0 Å². The van der Waals surface area contributed by atoms with Crippen molar-refractivity contribution >= 4 is 40.9 Å². The summed E-state index contributed by atoms with van der Waals surface area (Å²) < 4.78 is 1.85. The Labute approximate surface area is 214 Å². The van der Waals surface area contributed by atoms with E-state index in [9.17, 15) is 9.59 Å². The van der Waals surface area contributed by atoms with Gasteiger partial charge in [-0.3, -0.25) is 9.59 Å². The third-order valence-electron chi connectivity index (χ3n) is 5.71. The summed E-state index contributed by atoms with van der Waals surface area (Å²) in [6, 6.07) is 17.1. The van der Waals surface area contributed by atoms with E-state index >= 15 is 0 Å². The zero-order valence-electron chi connectivity index (χ0n) is 19.3. The van der Waals surface area contributed by atoms with Crippen LogP contribution in [0.3, 0.4) is 0 Å². The largest absolute Gasteiger partial charge is 0.368 e. The van der Waals surface area contributed by atoms with Crippen LogP contribution in [0.15, 0.2) is 72.4 Å². The minimum absolute atomic E-state index is 0.0736. The number of carbonyl (C=O) groups is 2. The number of amides is 2. The number of rotatable bonds is 9. The van der Waals surface area contributed by atoms with E-state index in [4.69, 9.17) is 11.6 Å². The van der Waals surface area contributed by atoms with Crippen molar-refractivity contribution in [1.29, 1.82) is 0 Å². The van der Waals surface area contributed by atoms with E-state index in [2.05, 4.69) is 39.1 Å². The molecule has 182 valence electrons. The number of aromatic nitrogens is 3. The smallest absolute Gasteiger partial charge is 0.253 e. The number of thioether (sulfide) groups is 1. The number of nitrogens with one attached hydrogen (secondary N) is 1. The van der Waals surface area contributed by atoms with Gasteiger partial charge in [-0.25, -0.2) is 0 Å². The van der Waals surface area contributed by atoms with Crippen LogP contribution in [-0.2, 0) is 17.9 Å². The predicted octanol–water partition coefficient (Wildman–Crippen LogP) is 3.49. The Balaban J connectivity index is 1.31. The maximum Gasteiger partial charge on any atom is 0.253 e. The van der Waals surface area contributed by atoms with E-state index in [1.807, 2.05) is 27.7 Å². The summed E-state index contributed by atoms with van der Waals surface area (Å²) in [6.45, 7) is 7.44. The summed E-state index contributed by atoms with van der Waals surface area (Å²) in [5, 5.41) is 12.3. The number of halogens is 1. The fourth-order valence-electron chi connectivity index (χ4n) is 3.84. The fourth-order valence-corrected chi connectivity index (χ4v) is 4.93. The van der Waals surface area contributed by atoms with Crippen molar-refractivity contribution in [2.45, 2.75) is 18.2 Å². The number of nitrogens with zero attached hydrogens (tertiary/aromatic N) is 5. The van der Waals surface area contributed by atoms with Crippen molar-refractivity contribution in [2.24, 2.45) is 0 Å². The third-order valence-corrected chi connectivity index (χ3v) is 6.99. The number of carbonyl (C=O) groups excluding carboxylic acids is 2. The average molecular weight is 511 g/mol. The quantitative estimate of drug-likeness (QED) is 0.350. The van der Waals surface area contributed by atoms with Crippen LogP contribution in [0.5, 0.6) is 0 Å². The molecular weight excluding hydrogens is 484 g/mol. The first kappa shape index (κ1) is 24.8. The van der Waals surface area contributed by atoms with E-state index < -0.39 is 0 Å². The summed E-state index contributed by atoms with van der Waals surface area (Å²) >= 11 is 7.45. The summed E-state index contributed by atoms with van der Waals surface area (Å²) in [5.74, 6) is 0.635. The zero-order valence-corrected chi connectivity index (χ0v) is 20.8. The lowest BCUT2D eigenvalue weighted by Gasteiger charge is -2.36. The third kappa shape index (κ3) is 6.23. The predicted molar refractivity (Wildman–Crippen MR) is 139 cm³/mol. The second kappa shape index (κ2) is 11.9. The minimum Gasteiger partial charge on any atom is -0.368 e. The molecule has 0 radical (unpaired) electrons. The van der Waals surface area contributed by atoms with Gasteiger partial charge < -0.3 is 19.7 Å². The molecule has 0 spiro atoms. The molecule has 1 aliphatic rings. The molecule has 35 heavy (non-hydrogen) atoms. The first-order chi connectivity index (χ1) is 17.1. The van der Waals surface area contributed by atoms with Gasteiger partial charge in [0.1, 0.15) is 0 Å². The number of piperazine rings is 1. The maximum atomic E-state index is 12.8. The standard InChI is InChI=1S/C25H27ClN6O2S/c1-2-12-32-22(17-27-24(34)20-10-6-7-11-21(20)26)28-29-25(32)35-18-23(33)31-15-13-30(14-16-31)19-8-4-3-5-9-19/h2-11H,1,12-18H2,(H,27,34). The number of anilines is 1. The zero-order chi connectivity index (χ0) is 24.6. The molecule has 1 aromatic heterocycles. The molecule has 1 fully saturated rings. The van der Waals surface area contributed by atoms with Crippen molar-refractivity contribution < 1.29 is 9.59 Å². The van der Waals surface area contributed by atoms with Gasteiger partial charge in [-0.1, -0.05) is 59.8 Å². The number of hydrogen-bond acceptors (Lipinski definition) is 6. The van der Waals surface area contributed by atoms with Gasteiger partial charge in [-0.2, -0.15) is 0 Å². The molecule has 0 atom stereocenters. The van der Waals surface area contributed by atoms with Gasteiger partial charge >= 0.3 is 0 Å². The first-order valence-corrected chi connectivity index (χ1v) is 12.7. The highest BCUT2D eigenvalue weighted by atomic mass is 35.5. The highest BCUT2D eigenvalue weighted by Gasteiger charge is 2.22. The van der Waals surface area contributed by atoms with E-state index in [0.29, 0.717) is 41.2 Å². The molecule has 2 heterocycles. The molecule has 1 N–H and O–H groups in total. The summed E-state index contributed by atoms with van der Waals surface area (Å²) in [7, 11) is 0. The fraction of sp³-hybridized carbons (Fsp3) is 0.280. The maximum absolute atomic E-state index is 12.8. The molecular formula is C25H27ClN6O2S. The summed E-state index contributed by atoms with van der Waals surface area (Å²) in [5.41, 5.74) is 1.58. The van der Waals surface area contributed by atoms with Crippen molar-refractivity contribution in [3.8, 4) is 0 Å². The Morgan fingerprint density at radius 1 is 1.03 bits per heavy atom. The molecule has 10 heteroatoms. The summed E-state index contributed by atoms with van der Waals surface area (Å²) in [6.07, 6.45) is 1.73. The Morgan fingerprint density at radius 2 is 1.74 bits per heavy atom. The Kier molecular flexibility index (Phi) is 8.44. The molecule has 4 rings (SSSR count). The molecule has 2 aromatic carbocycles. The normalized spacial score (nSPS) is 13.5. The lowest BCUT2D eigenvalue weighted by molar-refractivity contribution is -0.128. The minimum atomic E-state index is -0.289. The van der Waals surface area contributed by atoms with Crippen molar-refractivity contribution in [3.63, 3.8) is 0 Å². The van der Waals surface area contributed by atoms with E-state index in [1.54, 1.807) is 30.3 Å². The van der Waals surface area contributed by atoms with E-state index in [1.165, 1.54) is 17.4 Å². The number of benzene rings is 2. The van der Waals surface area contributed by atoms with Gasteiger partial charge in [-0.15, -0.1) is 16.8 Å². The highest BCUT2D eigenvalue weighted by molar-refractivity contribution is 7.99. The summed E-state index contributed by atoms with van der Waals surface area (Å²) in [4.78, 5) is 29.5. The topological polar surface area (TPSA) is 83.4 Å². The monoisotopic (exact) mass is 510 g/mol.